The third kappa shape index (κ3) is 3.52. The van der Waals surface area contributed by atoms with Crippen LogP contribution in [0.4, 0.5) is 5.13 Å². The highest BCUT2D eigenvalue weighted by atomic mass is 32.1. The first kappa shape index (κ1) is 17.5. The molecule has 1 saturated heterocycles. The van der Waals surface area contributed by atoms with Crippen LogP contribution in [0.2, 0.25) is 0 Å². The number of nitrogens with zero attached hydrogens (tertiary/aromatic N) is 2. The fourth-order valence-electron chi connectivity index (χ4n) is 3.26. The second-order valence-corrected chi connectivity index (χ2v) is 7.42. The van der Waals surface area contributed by atoms with Gasteiger partial charge in [-0.15, -0.1) is 0 Å². The number of hydrogen-bond acceptors (Lipinski definition) is 6. The smallest absolute Gasteiger partial charge is 0.257 e. The van der Waals surface area contributed by atoms with E-state index >= 15 is 0 Å². The maximum atomic E-state index is 12.6. The Morgan fingerprint density at radius 1 is 1.30 bits per heavy atom. The summed E-state index contributed by atoms with van der Waals surface area (Å²) in [4.78, 5) is 31.2. The van der Waals surface area contributed by atoms with Gasteiger partial charge in [0.2, 0.25) is 5.91 Å². The highest BCUT2D eigenvalue weighted by Crippen LogP contribution is 2.32. The van der Waals surface area contributed by atoms with E-state index in [-0.39, 0.29) is 17.7 Å². The molecule has 2 aromatic heterocycles. The number of anilines is 1. The van der Waals surface area contributed by atoms with E-state index in [9.17, 15) is 9.59 Å². The van der Waals surface area contributed by atoms with Gasteiger partial charge in [-0.3, -0.25) is 9.59 Å². The molecule has 1 aromatic carbocycles. The molecule has 0 unspecified atom stereocenters. The zero-order valence-corrected chi connectivity index (χ0v) is 15.6. The van der Waals surface area contributed by atoms with E-state index in [0.29, 0.717) is 42.4 Å². The number of rotatable bonds is 4. The Hall–Kier alpha value is -2.87. The summed E-state index contributed by atoms with van der Waals surface area (Å²) in [6.07, 6.45) is 4.19. The van der Waals surface area contributed by atoms with Gasteiger partial charge in [-0.1, -0.05) is 17.4 Å². The highest BCUT2D eigenvalue weighted by Gasteiger charge is 2.28. The number of methoxy groups -OCH3 is 1. The molecular formula is C19H19N3O4S. The molecule has 140 valence electrons. The average Bonchev–Trinajstić information content (AvgIpc) is 3.36. The molecule has 7 nitrogen and oxygen atoms in total. The van der Waals surface area contributed by atoms with Crippen LogP contribution in [-0.4, -0.2) is 41.9 Å². The Morgan fingerprint density at radius 3 is 2.81 bits per heavy atom. The van der Waals surface area contributed by atoms with Crippen LogP contribution in [0.5, 0.6) is 5.75 Å². The normalized spacial score (nSPS) is 15.1. The van der Waals surface area contributed by atoms with Crippen molar-refractivity contribution in [3.8, 4) is 5.75 Å². The van der Waals surface area contributed by atoms with Crippen LogP contribution < -0.4 is 10.1 Å². The average molecular weight is 385 g/mol. The molecule has 0 radical (unpaired) electrons. The van der Waals surface area contributed by atoms with E-state index in [1.807, 2.05) is 18.2 Å². The number of benzene rings is 1. The lowest BCUT2D eigenvalue weighted by Crippen LogP contribution is -2.41. The number of amides is 2. The molecular weight excluding hydrogens is 366 g/mol. The van der Waals surface area contributed by atoms with Crippen molar-refractivity contribution in [1.82, 2.24) is 9.88 Å². The molecule has 4 rings (SSSR count). The second kappa shape index (κ2) is 7.40. The summed E-state index contributed by atoms with van der Waals surface area (Å²) in [5, 5.41) is 3.48. The van der Waals surface area contributed by atoms with Crippen molar-refractivity contribution in [3.05, 3.63) is 42.4 Å². The molecule has 0 atom stereocenters. The second-order valence-electron chi connectivity index (χ2n) is 6.39. The lowest BCUT2D eigenvalue weighted by molar-refractivity contribution is -0.121. The molecule has 27 heavy (non-hydrogen) atoms. The molecule has 0 aliphatic carbocycles. The van der Waals surface area contributed by atoms with Crippen LogP contribution in [-0.2, 0) is 4.79 Å². The van der Waals surface area contributed by atoms with Gasteiger partial charge in [0, 0.05) is 19.0 Å². The summed E-state index contributed by atoms with van der Waals surface area (Å²) in [5.74, 6) is 0.451. The number of likely N-dealkylation sites (tertiary alicyclic amines) is 1. The minimum atomic E-state index is -0.132. The van der Waals surface area contributed by atoms with E-state index in [1.165, 1.54) is 23.9 Å². The SMILES string of the molecule is COc1cccc2sc(NC(=O)C3CCN(C(=O)c4ccoc4)CC3)nc12. The molecule has 8 heteroatoms. The number of carbonyl (C=O) groups excluding carboxylic acids is 2. The Balaban J connectivity index is 1.38. The number of fused-ring (bicyclic) bond motifs is 1. The van der Waals surface area contributed by atoms with Gasteiger partial charge in [0.1, 0.15) is 17.5 Å². The molecule has 1 aliphatic heterocycles. The van der Waals surface area contributed by atoms with E-state index < -0.39 is 0 Å². The number of nitrogens with one attached hydrogen (secondary N) is 1. The quantitative estimate of drug-likeness (QED) is 0.744. The van der Waals surface area contributed by atoms with Crippen LogP contribution in [0.3, 0.4) is 0 Å². The Kier molecular flexibility index (Phi) is 4.81. The number of ether oxygens (including phenoxy) is 1. The van der Waals surface area contributed by atoms with Gasteiger partial charge >= 0.3 is 0 Å². The molecule has 0 saturated carbocycles. The fraction of sp³-hybridized carbons (Fsp3) is 0.316. The van der Waals surface area contributed by atoms with Crippen LogP contribution in [0, 0.1) is 5.92 Å². The van der Waals surface area contributed by atoms with Crippen molar-refractivity contribution in [1.29, 1.82) is 0 Å². The molecule has 2 amide bonds. The number of aromatic nitrogens is 1. The molecule has 1 N–H and O–H groups in total. The van der Waals surface area contributed by atoms with Gasteiger partial charge in [-0.05, 0) is 31.0 Å². The molecule has 1 aliphatic rings. The Bertz CT molecular complexity index is 959. The highest BCUT2D eigenvalue weighted by molar-refractivity contribution is 7.22. The predicted molar refractivity (Wildman–Crippen MR) is 102 cm³/mol. The molecule has 0 spiro atoms. The first-order valence-electron chi connectivity index (χ1n) is 8.71. The van der Waals surface area contributed by atoms with Crippen LogP contribution in [0.15, 0.2) is 41.2 Å². The molecule has 0 bridgehead atoms. The lowest BCUT2D eigenvalue weighted by atomic mass is 9.95. The summed E-state index contributed by atoms with van der Waals surface area (Å²) >= 11 is 1.42. The van der Waals surface area contributed by atoms with Gasteiger partial charge in [0.15, 0.2) is 5.13 Å². The van der Waals surface area contributed by atoms with Gasteiger partial charge in [-0.2, -0.15) is 0 Å². The van der Waals surface area contributed by atoms with Gasteiger partial charge in [0.05, 0.1) is 23.6 Å². The van der Waals surface area contributed by atoms with E-state index in [1.54, 1.807) is 18.1 Å². The van der Waals surface area contributed by atoms with Gasteiger partial charge < -0.3 is 19.4 Å². The summed E-state index contributed by atoms with van der Waals surface area (Å²) in [7, 11) is 1.60. The van der Waals surface area contributed by atoms with E-state index in [0.717, 1.165) is 10.2 Å². The summed E-state index contributed by atoms with van der Waals surface area (Å²) in [5.41, 5.74) is 1.29. The third-order valence-electron chi connectivity index (χ3n) is 4.75. The minimum Gasteiger partial charge on any atom is -0.494 e. The first-order valence-corrected chi connectivity index (χ1v) is 9.53. The first-order chi connectivity index (χ1) is 13.2. The molecule has 3 heterocycles. The third-order valence-corrected chi connectivity index (χ3v) is 5.69. The van der Waals surface area contributed by atoms with Crippen molar-refractivity contribution in [2.45, 2.75) is 12.8 Å². The summed E-state index contributed by atoms with van der Waals surface area (Å²) in [6.45, 7) is 1.10. The maximum absolute atomic E-state index is 12.6. The van der Waals surface area contributed by atoms with Crippen LogP contribution in [0.25, 0.3) is 10.2 Å². The number of thiazole rings is 1. The van der Waals surface area contributed by atoms with Crippen molar-refractivity contribution < 1.29 is 18.7 Å². The number of piperidine rings is 1. The lowest BCUT2D eigenvalue weighted by Gasteiger charge is -2.30. The monoisotopic (exact) mass is 385 g/mol. The van der Waals surface area contributed by atoms with Crippen molar-refractivity contribution in [2.75, 3.05) is 25.5 Å². The fourth-order valence-corrected chi connectivity index (χ4v) is 4.15. The molecule has 3 aromatic rings. The Labute approximate surface area is 159 Å². The van der Waals surface area contributed by atoms with E-state index in [4.69, 9.17) is 9.15 Å². The number of carbonyl (C=O) groups is 2. The largest absolute Gasteiger partial charge is 0.494 e. The van der Waals surface area contributed by atoms with E-state index in [2.05, 4.69) is 10.3 Å². The van der Waals surface area contributed by atoms with Gasteiger partial charge in [-0.25, -0.2) is 4.98 Å². The van der Waals surface area contributed by atoms with Crippen LogP contribution in [0.1, 0.15) is 23.2 Å². The zero-order chi connectivity index (χ0) is 18.8. The van der Waals surface area contributed by atoms with Crippen molar-refractivity contribution in [3.63, 3.8) is 0 Å². The maximum Gasteiger partial charge on any atom is 0.257 e. The molecule has 1 fully saturated rings. The number of hydrogen-bond donors (Lipinski definition) is 1. The standard InChI is InChI=1S/C19H19N3O4S/c1-25-14-3-2-4-15-16(14)20-19(27-15)21-17(23)12-5-8-22(9-6-12)18(24)13-7-10-26-11-13/h2-4,7,10-12H,5-6,8-9H2,1H3,(H,20,21,23). The van der Waals surface area contributed by atoms with Gasteiger partial charge in [0.25, 0.3) is 5.91 Å². The van der Waals surface area contributed by atoms with Crippen molar-refractivity contribution >= 4 is 38.5 Å². The summed E-state index contributed by atoms with van der Waals surface area (Å²) in [6, 6.07) is 7.35. The summed E-state index contributed by atoms with van der Waals surface area (Å²) < 4.78 is 11.2. The van der Waals surface area contributed by atoms with Crippen LogP contribution >= 0.6 is 11.3 Å². The minimum absolute atomic E-state index is 0.0524. The number of para-hydroxylation sites is 1. The Morgan fingerprint density at radius 2 is 2.11 bits per heavy atom. The topological polar surface area (TPSA) is 84.7 Å². The predicted octanol–water partition coefficient (Wildman–Crippen LogP) is 3.39. The van der Waals surface area contributed by atoms with Crippen molar-refractivity contribution in [2.24, 2.45) is 5.92 Å². The zero-order valence-electron chi connectivity index (χ0n) is 14.8. The number of furan rings is 1.